The monoisotopic (exact) mass is 318 g/mol. The van der Waals surface area contributed by atoms with Gasteiger partial charge >= 0.3 is 29.6 Å². The van der Waals surface area contributed by atoms with E-state index >= 15 is 0 Å². The van der Waals surface area contributed by atoms with Crippen molar-refractivity contribution in [3.05, 3.63) is 0 Å². The van der Waals surface area contributed by atoms with Gasteiger partial charge in [0.2, 0.25) is 0 Å². The van der Waals surface area contributed by atoms with E-state index in [0.29, 0.717) is 0 Å². The maximum atomic E-state index is 9.12. The van der Waals surface area contributed by atoms with Gasteiger partial charge in [-0.15, -0.1) is 0 Å². The topological polar surface area (TPSA) is 182 Å². The van der Waals surface area contributed by atoms with E-state index in [1.54, 1.807) is 0 Å². The Balaban J connectivity index is -0.0000000322. The third-order valence-corrected chi connectivity index (χ3v) is 0. The molecule has 0 amide bonds. The molecule has 89 valence electrons. The summed E-state index contributed by atoms with van der Waals surface area (Å²) in [6.07, 6.45) is 0. The minimum absolute atomic E-state index is 0. The third kappa shape index (κ3) is 1100. The number of halogens is 2. The Morgan fingerprint density at radius 2 is 0.800 bits per heavy atom. The molecular weight excluding hydrogens is 318 g/mol. The fraction of sp³-hybridized carbons (Fsp3) is 0. The molecule has 0 unspecified atom stereocenters. The molecule has 0 saturated carbocycles. The summed E-state index contributed by atoms with van der Waals surface area (Å²) in [7, 11) is -10.8. The predicted octanol–water partition coefficient (Wildman–Crippen LogP) is -7.88. The molecule has 0 fully saturated rings. The van der Waals surface area contributed by atoms with Crippen molar-refractivity contribution in [1.82, 2.24) is 0 Å². The van der Waals surface area contributed by atoms with Gasteiger partial charge in [-0.1, -0.05) is 0 Å². The van der Waals surface area contributed by atoms with Crippen molar-refractivity contribution in [3.63, 3.8) is 0 Å². The Labute approximate surface area is 116 Å². The van der Waals surface area contributed by atoms with Crippen LogP contribution in [0.5, 0.6) is 0 Å². The molecule has 0 aromatic rings. The van der Waals surface area contributed by atoms with Crippen molar-refractivity contribution in [2.75, 3.05) is 0 Å². The first-order valence-corrected chi connectivity index (χ1v) is 4.69. The Kier molecular flexibility index (Phi) is 31.3. The van der Waals surface area contributed by atoms with E-state index in [1.165, 1.54) is 5.15 Å². The van der Waals surface area contributed by atoms with Gasteiger partial charge in [0.05, 0.1) is 0 Å². The molecule has 0 aliphatic carbocycles. The van der Waals surface area contributed by atoms with E-state index in [4.69, 9.17) is 47.5 Å². The molecule has 0 aromatic carbocycles. The quantitative estimate of drug-likeness (QED) is 0.309. The van der Waals surface area contributed by atoms with E-state index in [1.807, 2.05) is 0 Å². The summed E-state index contributed by atoms with van der Waals surface area (Å²) in [5.74, 6) is 0. The van der Waals surface area contributed by atoms with E-state index in [0.717, 1.165) is 0 Å². The van der Waals surface area contributed by atoms with Crippen molar-refractivity contribution in [1.29, 1.82) is 0 Å². The minimum Gasteiger partial charge on any atom is -0.822 e. The molecule has 0 aromatic heterocycles. The molecule has 0 aliphatic heterocycles. The largest absolute Gasteiger partial charge is 1.00 e. The first-order chi connectivity index (χ1) is 5.41. The second-order valence-electron chi connectivity index (χ2n) is 0.953. The second-order valence-corrected chi connectivity index (χ2v) is 2.74. The first kappa shape index (κ1) is 30.0. The molecule has 0 saturated heterocycles. The molecule has 15 heteroatoms. The molecule has 0 aliphatic rings. The van der Waals surface area contributed by atoms with Crippen LogP contribution in [-0.4, -0.2) is 0 Å². The molecule has 0 N–H and O–H groups in total. The fourth-order valence-electron chi connectivity index (χ4n) is 0. The van der Waals surface area contributed by atoms with Crippen LogP contribution in [0.25, 0.3) is 0 Å². The van der Waals surface area contributed by atoms with E-state index in [-0.39, 0.29) is 48.1 Å². The summed E-state index contributed by atoms with van der Waals surface area (Å²) < 4.78 is 35.3. The van der Waals surface area contributed by atoms with Crippen molar-refractivity contribution < 1.29 is 101 Å². The second kappa shape index (κ2) is 15.6. The van der Waals surface area contributed by atoms with Gasteiger partial charge in [-0.3, -0.25) is 0 Å². The van der Waals surface area contributed by atoms with Crippen molar-refractivity contribution in [2.45, 2.75) is 0 Å². The summed E-state index contributed by atoms with van der Waals surface area (Å²) in [6.45, 7) is 0. The van der Waals surface area contributed by atoms with Crippen LogP contribution in [-0.2, 0) is 32.8 Å². The molecule has 9 nitrogen and oxygen atoms in total. The molecule has 0 atom stereocenters. The predicted molar refractivity (Wildman–Crippen MR) is 18.5 cm³/mol. The SMILES string of the molecule is FOF.O=P([O-])([O-])[O-].O=P([O-])([O-])[O-].[Na+].[V]. The molecule has 1 radical (unpaired) electrons. The maximum absolute atomic E-state index is 9.12. The van der Waals surface area contributed by atoms with Crippen molar-refractivity contribution in [3.8, 4) is 0 Å². The Morgan fingerprint density at radius 1 is 0.800 bits per heavy atom. The van der Waals surface area contributed by atoms with Crippen LogP contribution in [0, 0.1) is 0 Å². The van der Waals surface area contributed by atoms with Gasteiger partial charge in [0.1, 0.15) is 0 Å². The number of hydrogen-bond acceptors (Lipinski definition) is 9. The normalized spacial score (nSPS) is 9.07. The van der Waals surface area contributed by atoms with Crippen LogP contribution < -0.4 is 58.9 Å². The van der Waals surface area contributed by atoms with Gasteiger partial charge in [0.25, 0.3) is 0 Å². The van der Waals surface area contributed by atoms with Gasteiger partial charge in [-0.2, -0.15) is 15.6 Å². The maximum Gasteiger partial charge on any atom is 1.00 e. The molecule has 15 heavy (non-hydrogen) atoms. The summed E-state index contributed by atoms with van der Waals surface area (Å²) in [5, 5.41) is 1.25. The van der Waals surface area contributed by atoms with Crippen LogP contribution >= 0.6 is 15.6 Å². The average molecular weight is 318 g/mol. The van der Waals surface area contributed by atoms with Crippen LogP contribution in [0.3, 0.4) is 0 Å². The Bertz CT molecular complexity index is 150. The van der Waals surface area contributed by atoms with Crippen LogP contribution in [0.4, 0.5) is 9.05 Å². The summed E-state index contributed by atoms with van der Waals surface area (Å²) in [6, 6.07) is 0. The van der Waals surface area contributed by atoms with E-state index in [2.05, 4.69) is 0 Å². The molecule has 0 bridgehead atoms. The zero-order chi connectivity index (χ0) is 11.7. The van der Waals surface area contributed by atoms with Gasteiger partial charge < -0.3 is 38.5 Å². The van der Waals surface area contributed by atoms with Crippen LogP contribution in [0.1, 0.15) is 0 Å². The van der Waals surface area contributed by atoms with Crippen molar-refractivity contribution >= 4 is 15.6 Å². The standard InChI is InChI=1S/F2O.Na.2H3O4P.V/c1-3-2;;2*1-5(2,3)4;/h;;2*(H3,1,2,3,4);/q;+1;;;/p-6. The van der Waals surface area contributed by atoms with Gasteiger partial charge in [-0.05, 0) is 9.05 Å². The van der Waals surface area contributed by atoms with E-state index in [9.17, 15) is 0 Å². The minimum atomic E-state index is -5.39. The first-order valence-electron chi connectivity index (χ1n) is 1.77. The zero-order valence-electron chi connectivity index (χ0n) is 6.77. The Morgan fingerprint density at radius 3 is 0.800 bits per heavy atom. The molecule has 0 heterocycles. The van der Waals surface area contributed by atoms with Gasteiger partial charge in [0, 0.05) is 23.7 Å². The van der Waals surface area contributed by atoms with Gasteiger partial charge in [-0.25, -0.2) is 0 Å². The van der Waals surface area contributed by atoms with Crippen LogP contribution in [0.15, 0.2) is 0 Å². The smallest absolute Gasteiger partial charge is 0.822 e. The molecule has 0 rings (SSSR count). The van der Waals surface area contributed by atoms with Crippen molar-refractivity contribution in [2.24, 2.45) is 0 Å². The van der Waals surface area contributed by atoms with E-state index < -0.39 is 15.6 Å². The molecule has 0 spiro atoms. The number of phosphoric acid groups is 2. The summed E-state index contributed by atoms with van der Waals surface area (Å²) in [5.41, 5.74) is 0. The number of rotatable bonds is 0. The molecular formula is F2NaO9P2V-5. The summed E-state index contributed by atoms with van der Waals surface area (Å²) in [4.78, 5) is 51.3. The Hall–Kier alpha value is 1.62. The third-order valence-electron chi connectivity index (χ3n) is 0. The van der Waals surface area contributed by atoms with Gasteiger partial charge in [0.15, 0.2) is 0 Å². The fourth-order valence-corrected chi connectivity index (χ4v) is 0. The average Bonchev–Trinajstić information content (AvgIpc) is 1.52. The number of hydrogen-bond donors (Lipinski definition) is 0. The van der Waals surface area contributed by atoms with Crippen LogP contribution in [0.2, 0.25) is 0 Å². The zero-order valence-corrected chi connectivity index (χ0v) is 12.0. The summed E-state index contributed by atoms with van der Waals surface area (Å²) >= 11 is 0.